The first kappa shape index (κ1) is 30.9. The highest BCUT2D eigenvalue weighted by Gasteiger charge is 2.52. The zero-order valence-electron chi connectivity index (χ0n) is 24.3. The van der Waals surface area contributed by atoms with E-state index in [1.807, 2.05) is 17.0 Å². The summed E-state index contributed by atoms with van der Waals surface area (Å²) in [5, 5.41) is 10.6. The summed E-state index contributed by atoms with van der Waals surface area (Å²) in [5.41, 5.74) is -0.451. The smallest absolute Gasteiger partial charge is 0.305 e. The SMILES string of the molecule is CCCC(c1ccc(C(=O)NCCC(=O)O)cc1)N1C(=O)C(C2=CC(C)(F)C(Cl)C=C2)=NC12CCC(C(C)C)CC2. The molecule has 41 heavy (non-hydrogen) atoms. The molecule has 2 N–H and O–H groups in total. The molecule has 1 aromatic rings. The highest BCUT2D eigenvalue weighted by atomic mass is 35.5. The zero-order valence-corrected chi connectivity index (χ0v) is 25.1. The van der Waals surface area contributed by atoms with E-state index >= 15 is 4.39 Å². The third-order valence-corrected chi connectivity index (χ3v) is 9.29. The highest BCUT2D eigenvalue weighted by Crippen LogP contribution is 2.48. The molecule has 3 unspecified atom stereocenters. The van der Waals surface area contributed by atoms with E-state index in [1.54, 1.807) is 24.3 Å². The lowest BCUT2D eigenvalue weighted by Crippen LogP contribution is -2.51. The number of allylic oxidation sites excluding steroid dienone is 3. The van der Waals surface area contributed by atoms with Crippen LogP contribution in [0, 0.1) is 11.8 Å². The van der Waals surface area contributed by atoms with Gasteiger partial charge in [-0.25, -0.2) is 4.39 Å². The summed E-state index contributed by atoms with van der Waals surface area (Å²) in [4.78, 5) is 44.6. The number of nitrogens with zero attached hydrogens (tertiary/aromatic N) is 2. The van der Waals surface area contributed by atoms with Crippen molar-refractivity contribution in [1.29, 1.82) is 0 Å². The van der Waals surface area contributed by atoms with Gasteiger partial charge >= 0.3 is 5.97 Å². The van der Waals surface area contributed by atoms with Crippen LogP contribution in [0.2, 0.25) is 0 Å². The third-order valence-electron chi connectivity index (χ3n) is 8.71. The van der Waals surface area contributed by atoms with E-state index in [2.05, 4.69) is 26.1 Å². The number of aliphatic carboxylic acids is 1. The van der Waals surface area contributed by atoms with Crippen LogP contribution in [-0.2, 0) is 9.59 Å². The van der Waals surface area contributed by atoms with E-state index in [4.69, 9.17) is 21.7 Å². The maximum Gasteiger partial charge on any atom is 0.305 e. The van der Waals surface area contributed by atoms with Crippen molar-refractivity contribution in [3.63, 3.8) is 0 Å². The largest absolute Gasteiger partial charge is 0.481 e. The number of benzene rings is 1. The second-order valence-electron chi connectivity index (χ2n) is 12.0. The molecule has 222 valence electrons. The minimum Gasteiger partial charge on any atom is -0.481 e. The van der Waals surface area contributed by atoms with Crippen LogP contribution >= 0.6 is 11.6 Å². The normalized spacial score (nSPS) is 28.6. The van der Waals surface area contributed by atoms with Crippen molar-refractivity contribution >= 4 is 35.1 Å². The molecule has 1 spiro atoms. The summed E-state index contributed by atoms with van der Waals surface area (Å²) < 4.78 is 15.2. The molecule has 1 aromatic carbocycles. The number of carboxylic acids is 1. The molecular formula is C32H41ClFN3O4. The lowest BCUT2D eigenvalue weighted by molar-refractivity contribution is -0.137. The summed E-state index contributed by atoms with van der Waals surface area (Å²) in [7, 11) is 0. The van der Waals surface area contributed by atoms with E-state index in [0.717, 1.165) is 37.7 Å². The Morgan fingerprint density at radius 3 is 2.44 bits per heavy atom. The minimum atomic E-state index is -1.80. The van der Waals surface area contributed by atoms with Crippen molar-refractivity contribution in [3.8, 4) is 0 Å². The summed E-state index contributed by atoms with van der Waals surface area (Å²) in [6.07, 6.45) is 9.46. The van der Waals surface area contributed by atoms with Crippen LogP contribution in [0.4, 0.5) is 4.39 Å². The van der Waals surface area contributed by atoms with Crippen molar-refractivity contribution in [3.05, 3.63) is 59.2 Å². The molecule has 1 aliphatic heterocycles. The minimum absolute atomic E-state index is 0.0450. The molecule has 3 atom stereocenters. The van der Waals surface area contributed by atoms with Gasteiger partial charge in [0.2, 0.25) is 0 Å². The van der Waals surface area contributed by atoms with Gasteiger partial charge in [0.1, 0.15) is 17.0 Å². The number of nitrogens with one attached hydrogen (secondary N) is 1. The molecule has 3 aliphatic rings. The lowest BCUT2D eigenvalue weighted by Gasteiger charge is -2.46. The van der Waals surface area contributed by atoms with Gasteiger partial charge in [0, 0.05) is 17.7 Å². The monoisotopic (exact) mass is 585 g/mol. The maximum absolute atomic E-state index is 15.2. The van der Waals surface area contributed by atoms with Crippen LogP contribution in [0.3, 0.4) is 0 Å². The molecule has 1 saturated carbocycles. The molecule has 7 nitrogen and oxygen atoms in total. The van der Waals surface area contributed by atoms with E-state index in [-0.39, 0.29) is 36.5 Å². The Hall–Kier alpha value is -3.00. The number of amides is 2. The molecule has 0 bridgehead atoms. The van der Waals surface area contributed by atoms with Gasteiger partial charge < -0.3 is 15.3 Å². The van der Waals surface area contributed by atoms with Crippen molar-refractivity contribution in [2.75, 3.05) is 6.54 Å². The number of carboxylic acid groups (broad SMARTS) is 1. The number of hydrogen-bond donors (Lipinski definition) is 2. The van der Waals surface area contributed by atoms with Gasteiger partial charge in [0.15, 0.2) is 0 Å². The van der Waals surface area contributed by atoms with Gasteiger partial charge in [-0.05, 0) is 74.6 Å². The van der Waals surface area contributed by atoms with Gasteiger partial charge in [-0.1, -0.05) is 51.5 Å². The standard InChI is InChI=1S/C32H41ClFN3O4/c1-5-6-25(22-7-9-23(10-8-22)29(40)35-18-15-27(38)39)37-30(41)28(24-11-12-26(33)31(4,34)19-24)36-32(37)16-13-21(14-17-32)20(2)3/h7-12,19-21,25-26H,5-6,13-18H2,1-4H3,(H,35,40)(H,38,39). The van der Waals surface area contributed by atoms with Crippen LogP contribution in [0.1, 0.15) is 94.6 Å². The highest BCUT2D eigenvalue weighted by molar-refractivity contribution is 6.47. The Morgan fingerprint density at radius 2 is 1.88 bits per heavy atom. The van der Waals surface area contributed by atoms with E-state index < -0.39 is 22.7 Å². The molecule has 2 aliphatic carbocycles. The molecule has 0 saturated heterocycles. The Balaban J connectivity index is 1.68. The lowest BCUT2D eigenvalue weighted by atomic mass is 9.76. The molecule has 0 radical (unpaired) electrons. The molecule has 1 heterocycles. The van der Waals surface area contributed by atoms with Crippen LogP contribution in [0.5, 0.6) is 0 Å². The summed E-state index contributed by atoms with van der Waals surface area (Å²) in [5.74, 6) is -0.436. The van der Waals surface area contributed by atoms with Gasteiger partial charge in [0.05, 0.1) is 17.8 Å². The Bertz CT molecular complexity index is 1250. The van der Waals surface area contributed by atoms with Crippen molar-refractivity contribution < 1.29 is 23.9 Å². The molecule has 1 fully saturated rings. The van der Waals surface area contributed by atoms with Gasteiger partial charge in [0.25, 0.3) is 11.8 Å². The first-order chi connectivity index (χ1) is 19.4. The summed E-state index contributed by atoms with van der Waals surface area (Å²) >= 11 is 6.19. The van der Waals surface area contributed by atoms with Crippen LogP contribution in [0.25, 0.3) is 0 Å². The molecule has 4 rings (SSSR count). The maximum atomic E-state index is 15.2. The number of alkyl halides is 2. The first-order valence-corrected chi connectivity index (χ1v) is 15.1. The molecular weight excluding hydrogens is 545 g/mol. The van der Waals surface area contributed by atoms with Gasteiger partial charge in [-0.3, -0.25) is 19.4 Å². The Labute approximate surface area is 246 Å². The van der Waals surface area contributed by atoms with E-state index in [9.17, 15) is 14.4 Å². The second kappa shape index (κ2) is 12.5. The number of hydrogen-bond acceptors (Lipinski definition) is 4. The number of rotatable bonds is 10. The number of aliphatic imine (C=N–C) groups is 1. The quantitative estimate of drug-likeness (QED) is 0.311. The number of carbonyl (C=O) groups excluding carboxylic acids is 2. The van der Waals surface area contributed by atoms with Crippen LogP contribution in [0.15, 0.2) is 53.1 Å². The Morgan fingerprint density at radius 1 is 1.22 bits per heavy atom. The molecule has 2 amide bonds. The zero-order chi connectivity index (χ0) is 29.9. The fraction of sp³-hybridized carbons (Fsp3) is 0.562. The van der Waals surface area contributed by atoms with E-state index in [0.29, 0.717) is 29.4 Å². The first-order valence-electron chi connectivity index (χ1n) is 14.7. The predicted octanol–water partition coefficient (Wildman–Crippen LogP) is 6.39. The average Bonchev–Trinajstić information content (AvgIpc) is 3.20. The summed E-state index contributed by atoms with van der Waals surface area (Å²) in [6.45, 7) is 7.99. The molecule has 0 aromatic heterocycles. The number of halogens is 2. The fourth-order valence-electron chi connectivity index (χ4n) is 6.27. The predicted molar refractivity (Wildman–Crippen MR) is 159 cm³/mol. The fourth-order valence-corrected chi connectivity index (χ4v) is 6.41. The summed E-state index contributed by atoms with van der Waals surface area (Å²) in [6, 6.07) is 6.86. The van der Waals surface area contributed by atoms with Crippen molar-refractivity contribution in [1.82, 2.24) is 10.2 Å². The van der Waals surface area contributed by atoms with Gasteiger partial charge in [-0.15, -0.1) is 11.6 Å². The third kappa shape index (κ3) is 6.58. The van der Waals surface area contributed by atoms with Crippen LogP contribution < -0.4 is 5.32 Å². The average molecular weight is 586 g/mol. The van der Waals surface area contributed by atoms with Crippen molar-refractivity contribution in [2.24, 2.45) is 16.8 Å². The van der Waals surface area contributed by atoms with Crippen molar-refractivity contribution in [2.45, 2.75) is 95.4 Å². The molecule has 9 heteroatoms. The van der Waals surface area contributed by atoms with Crippen LogP contribution in [-0.4, -0.2) is 56.8 Å². The van der Waals surface area contributed by atoms with Gasteiger partial charge in [-0.2, -0.15) is 0 Å². The number of carbonyl (C=O) groups is 3. The second-order valence-corrected chi connectivity index (χ2v) is 12.5. The van der Waals surface area contributed by atoms with E-state index in [1.165, 1.54) is 13.0 Å². The Kier molecular flexibility index (Phi) is 9.42. The topological polar surface area (TPSA) is 99.1 Å².